The van der Waals surface area contributed by atoms with Gasteiger partial charge >= 0.3 is 0 Å². The van der Waals surface area contributed by atoms with Gasteiger partial charge in [-0.15, -0.1) is 11.3 Å². The number of anilines is 1. The van der Waals surface area contributed by atoms with E-state index in [1.807, 2.05) is 29.6 Å². The highest BCUT2D eigenvalue weighted by Crippen LogP contribution is 2.25. The Morgan fingerprint density at radius 3 is 3.13 bits per heavy atom. The van der Waals surface area contributed by atoms with Gasteiger partial charge in [-0.25, -0.2) is 4.98 Å². The zero-order valence-electron chi connectivity index (χ0n) is 13.0. The van der Waals surface area contributed by atoms with Crippen molar-refractivity contribution in [3.05, 3.63) is 40.8 Å². The third kappa shape index (κ3) is 4.77. The Labute approximate surface area is 140 Å². The number of carbonyl (C=O) groups excluding carboxylic acids is 1. The molecule has 2 N–H and O–H groups in total. The molecule has 0 spiro atoms. The lowest BCUT2D eigenvalue weighted by molar-refractivity contribution is -0.116. The van der Waals surface area contributed by atoms with Gasteiger partial charge in [0, 0.05) is 11.8 Å². The molecule has 2 aromatic rings. The number of rotatable bonds is 7. The molecule has 122 valence electrons. The minimum Gasteiger partial charge on any atom is -0.485 e. The zero-order chi connectivity index (χ0) is 15.9. The Morgan fingerprint density at radius 2 is 2.35 bits per heavy atom. The number of thiazole rings is 1. The van der Waals surface area contributed by atoms with Crippen LogP contribution in [0, 0.1) is 5.92 Å². The molecule has 1 aliphatic heterocycles. The van der Waals surface area contributed by atoms with E-state index < -0.39 is 0 Å². The third-order valence-corrected chi connectivity index (χ3v) is 4.60. The second kappa shape index (κ2) is 8.08. The topological polar surface area (TPSA) is 63.2 Å². The Hall–Kier alpha value is -1.92. The fraction of sp³-hybridized carbons (Fsp3) is 0.412. The molecule has 5 nitrogen and oxygen atoms in total. The molecule has 1 amide bonds. The van der Waals surface area contributed by atoms with Gasteiger partial charge in [0.1, 0.15) is 12.4 Å². The maximum absolute atomic E-state index is 12.2. The molecule has 0 bridgehead atoms. The summed E-state index contributed by atoms with van der Waals surface area (Å²) in [6, 6.07) is 7.52. The molecule has 0 saturated carbocycles. The van der Waals surface area contributed by atoms with Crippen molar-refractivity contribution < 1.29 is 9.53 Å². The number of amides is 1. The zero-order valence-corrected chi connectivity index (χ0v) is 13.8. The normalized spacial score (nSPS) is 17.1. The monoisotopic (exact) mass is 331 g/mol. The van der Waals surface area contributed by atoms with Crippen LogP contribution in [-0.4, -0.2) is 24.0 Å². The van der Waals surface area contributed by atoms with Crippen molar-refractivity contribution in [2.24, 2.45) is 5.92 Å². The van der Waals surface area contributed by atoms with E-state index in [1.54, 1.807) is 16.8 Å². The van der Waals surface area contributed by atoms with Crippen LogP contribution in [0.25, 0.3) is 0 Å². The van der Waals surface area contributed by atoms with Crippen LogP contribution in [0.1, 0.15) is 25.0 Å². The molecular weight excluding hydrogens is 310 g/mol. The molecule has 0 aliphatic carbocycles. The van der Waals surface area contributed by atoms with Gasteiger partial charge < -0.3 is 15.4 Å². The number of aromatic nitrogens is 1. The smallest absolute Gasteiger partial charge is 0.224 e. The lowest BCUT2D eigenvalue weighted by Gasteiger charge is -2.12. The second-order valence-corrected chi connectivity index (χ2v) is 6.43. The Bertz CT molecular complexity index is 625. The van der Waals surface area contributed by atoms with Crippen molar-refractivity contribution in [1.29, 1.82) is 0 Å². The fourth-order valence-electron chi connectivity index (χ4n) is 2.67. The average Bonchev–Trinajstić information content (AvgIpc) is 3.26. The van der Waals surface area contributed by atoms with E-state index in [0.29, 0.717) is 24.7 Å². The minimum absolute atomic E-state index is 0.0432. The van der Waals surface area contributed by atoms with Crippen LogP contribution in [0.4, 0.5) is 5.69 Å². The van der Waals surface area contributed by atoms with Crippen molar-refractivity contribution in [1.82, 2.24) is 10.3 Å². The lowest BCUT2D eigenvalue weighted by Crippen LogP contribution is -2.15. The molecule has 2 heterocycles. The minimum atomic E-state index is 0.0432. The van der Waals surface area contributed by atoms with Crippen LogP contribution in [0.3, 0.4) is 0 Å². The van der Waals surface area contributed by atoms with Gasteiger partial charge in [0.2, 0.25) is 5.91 Å². The molecule has 1 aromatic heterocycles. The number of benzene rings is 1. The van der Waals surface area contributed by atoms with Gasteiger partial charge in [0.15, 0.2) is 0 Å². The number of nitrogens with zero attached hydrogens (tertiary/aromatic N) is 1. The maximum atomic E-state index is 12.2. The van der Waals surface area contributed by atoms with Crippen LogP contribution in [0.15, 0.2) is 35.2 Å². The highest BCUT2D eigenvalue weighted by molar-refractivity contribution is 7.07. The first-order chi connectivity index (χ1) is 11.3. The highest BCUT2D eigenvalue weighted by Gasteiger charge is 2.16. The predicted octanol–water partition coefficient (Wildman–Crippen LogP) is 3.05. The van der Waals surface area contributed by atoms with Gasteiger partial charge in [-0.1, -0.05) is 12.1 Å². The van der Waals surface area contributed by atoms with E-state index >= 15 is 0 Å². The van der Waals surface area contributed by atoms with Crippen LogP contribution in [0.5, 0.6) is 5.75 Å². The average molecular weight is 331 g/mol. The first kappa shape index (κ1) is 16.0. The number of para-hydroxylation sites is 2. The summed E-state index contributed by atoms with van der Waals surface area (Å²) in [6.07, 6.45) is 2.65. The number of hydrogen-bond donors (Lipinski definition) is 2. The Kier molecular flexibility index (Phi) is 5.60. The summed E-state index contributed by atoms with van der Waals surface area (Å²) in [5.74, 6) is 1.34. The number of hydrogen-bond acceptors (Lipinski definition) is 5. The van der Waals surface area contributed by atoms with Gasteiger partial charge in [-0.2, -0.15) is 0 Å². The lowest BCUT2D eigenvalue weighted by atomic mass is 10.0. The van der Waals surface area contributed by atoms with Crippen molar-refractivity contribution in [3.8, 4) is 5.75 Å². The van der Waals surface area contributed by atoms with Crippen LogP contribution < -0.4 is 15.4 Å². The van der Waals surface area contributed by atoms with Gasteiger partial charge in [-0.05, 0) is 44.0 Å². The Morgan fingerprint density at radius 1 is 1.43 bits per heavy atom. The number of ether oxygens (including phenoxy) is 1. The van der Waals surface area contributed by atoms with E-state index in [4.69, 9.17) is 4.74 Å². The van der Waals surface area contributed by atoms with E-state index in [1.165, 1.54) is 6.42 Å². The SMILES string of the molecule is O=C(CCC1CCNC1)Nc1ccccc1OCc1cscn1. The third-order valence-electron chi connectivity index (χ3n) is 3.96. The molecule has 23 heavy (non-hydrogen) atoms. The summed E-state index contributed by atoms with van der Waals surface area (Å²) >= 11 is 1.54. The number of carbonyl (C=O) groups is 1. The molecule has 1 aliphatic rings. The predicted molar refractivity (Wildman–Crippen MR) is 91.7 cm³/mol. The summed E-state index contributed by atoms with van der Waals surface area (Å²) in [5.41, 5.74) is 3.40. The molecule has 6 heteroatoms. The summed E-state index contributed by atoms with van der Waals surface area (Å²) in [5, 5.41) is 8.25. The van der Waals surface area contributed by atoms with E-state index in [0.717, 1.165) is 30.9 Å². The molecule has 1 fully saturated rings. The number of nitrogens with one attached hydrogen (secondary N) is 2. The molecule has 0 radical (unpaired) electrons. The first-order valence-electron chi connectivity index (χ1n) is 7.91. The van der Waals surface area contributed by atoms with E-state index in [2.05, 4.69) is 15.6 Å². The molecular formula is C17H21N3O2S. The molecule has 1 saturated heterocycles. The van der Waals surface area contributed by atoms with E-state index in [9.17, 15) is 4.79 Å². The largest absolute Gasteiger partial charge is 0.485 e. The van der Waals surface area contributed by atoms with Gasteiger partial charge in [0.05, 0.1) is 16.9 Å². The first-order valence-corrected chi connectivity index (χ1v) is 8.85. The van der Waals surface area contributed by atoms with Crippen molar-refractivity contribution in [2.75, 3.05) is 18.4 Å². The van der Waals surface area contributed by atoms with Gasteiger partial charge in [0.25, 0.3) is 0 Å². The quantitative estimate of drug-likeness (QED) is 0.818. The summed E-state index contributed by atoms with van der Waals surface area (Å²) in [7, 11) is 0. The van der Waals surface area contributed by atoms with E-state index in [-0.39, 0.29) is 5.91 Å². The summed E-state index contributed by atoms with van der Waals surface area (Å²) < 4.78 is 5.78. The fourth-order valence-corrected chi connectivity index (χ4v) is 3.21. The van der Waals surface area contributed by atoms with Crippen LogP contribution >= 0.6 is 11.3 Å². The Balaban J connectivity index is 1.53. The second-order valence-electron chi connectivity index (χ2n) is 5.71. The maximum Gasteiger partial charge on any atom is 0.224 e. The molecule has 1 aromatic carbocycles. The summed E-state index contributed by atoms with van der Waals surface area (Å²) in [6.45, 7) is 2.50. The van der Waals surface area contributed by atoms with Gasteiger partial charge in [-0.3, -0.25) is 4.79 Å². The molecule has 1 atom stereocenters. The van der Waals surface area contributed by atoms with Crippen molar-refractivity contribution >= 4 is 22.9 Å². The highest BCUT2D eigenvalue weighted by atomic mass is 32.1. The van der Waals surface area contributed by atoms with Crippen molar-refractivity contribution in [2.45, 2.75) is 25.9 Å². The van der Waals surface area contributed by atoms with Crippen LogP contribution in [0.2, 0.25) is 0 Å². The summed E-state index contributed by atoms with van der Waals surface area (Å²) in [4.78, 5) is 16.4. The van der Waals surface area contributed by atoms with Crippen molar-refractivity contribution in [3.63, 3.8) is 0 Å². The molecule has 3 rings (SSSR count). The van der Waals surface area contributed by atoms with Crippen LogP contribution in [-0.2, 0) is 11.4 Å². The standard InChI is InChI=1S/C17H21N3O2S/c21-17(6-5-13-7-8-18-9-13)20-15-3-1-2-4-16(15)22-10-14-11-23-12-19-14/h1-4,11-13,18H,5-10H2,(H,20,21). The molecule has 1 unspecified atom stereocenters.